The molecule has 8 heteroatoms. The van der Waals surface area contributed by atoms with Crippen LogP contribution in [0.2, 0.25) is 0 Å². The molecule has 0 bridgehead atoms. The molecular weight excluding hydrogens is 290 g/mol. The van der Waals surface area contributed by atoms with E-state index in [1.54, 1.807) is 0 Å². The Morgan fingerprint density at radius 1 is 1.48 bits per heavy atom. The predicted molar refractivity (Wildman–Crippen MR) is 68.3 cm³/mol. The summed E-state index contributed by atoms with van der Waals surface area (Å²) in [4.78, 5) is 16.3. The molecule has 0 unspecified atom stereocenters. The number of carbonyl (C=O) groups excluding carboxylic acids is 1. The second-order valence-corrected chi connectivity index (χ2v) is 5.41. The molecule has 4 nitrogen and oxygen atoms in total. The van der Waals surface area contributed by atoms with Crippen LogP contribution in [-0.4, -0.2) is 23.6 Å². The predicted octanol–water partition coefficient (Wildman–Crippen LogP) is 3.18. The summed E-state index contributed by atoms with van der Waals surface area (Å²) in [6.45, 7) is 4.14. The third-order valence-corrected chi connectivity index (χ3v) is 3.14. The molecule has 1 aromatic heterocycles. The van der Waals surface area contributed by atoms with Crippen molar-refractivity contribution in [1.82, 2.24) is 10.3 Å². The van der Waals surface area contributed by atoms with Crippen molar-refractivity contribution >= 4 is 11.8 Å². The first-order chi connectivity index (χ1) is 9.68. The zero-order valence-corrected chi connectivity index (χ0v) is 11.5. The van der Waals surface area contributed by atoms with Gasteiger partial charge in [-0.25, -0.2) is 14.2 Å². The lowest BCUT2D eigenvalue weighted by atomic mass is 10.0. The maximum absolute atomic E-state index is 13.8. The summed E-state index contributed by atoms with van der Waals surface area (Å²) in [5.41, 5.74) is -1.18. The molecule has 1 saturated heterocycles. The number of nitrogens with one attached hydrogen (secondary N) is 1. The molecule has 2 rings (SSSR count). The molecule has 0 aromatic carbocycles. The second kappa shape index (κ2) is 5.50. The minimum atomic E-state index is -4.67. The number of nitrogens with zero attached hydrogens (tertiary/aromatic N) is 2. The lowest BCUT2D eigenvalue weighted by Crippen LogP contribution is -2.30. The van der Waals surface area contributed by atoms with E-state index >= 15 is 0 Å². The molecule has 0 saturated carbocycles. The average Bonchev–Trinajstić information content (AvgIpc) is 2.67. The lowest BCUT2D eigenvalue weighted by Gasteiger charge is -2.16. The summed E-state index contributed by atoms with van der Waals surface area (Å²) in [5.74, 6) is -1.21. The minimum absolute atomic E-state index is 0.166. The number of halogens is 4. The fourth-order valence-corrected chi connectivity index (χ4v) is 2.27. The van der Waals surface area contributed by atoms with Crippen LogP contribution in [0, 0.1) is 11.7 Å². The summed E-state index contributed by atoms with van der Waals surface area (Å²) in [7, 11) is 0. The van der Waals surface area contributed by atoms with Gasteiger partial charge in [0.1, 0.15) is 0 Å². The maximum atomic E-state index is 13.8. The third kappa shape index (κ3) is 3.43. The molecule has 1 N–H and O–H groups in total. The fraction of sp³-hybridized carbons (Fsp3) is 0.538. The lowest BCUT2D eigenvalue weighted by molar-refractivity contribution is -0.138. The number of carbonyl (C=O) groups is 1. The number of hydrogen-bond acceptors (Lipinski definition) is 2. The maximum Gasteiger partial charge on any atom is 0.417 e. The fourth-order valence-electron chi connectivity index (χ4n) is 2.27. The summed E-state index contributed by atoms with van der Waals surface area (Å²) in [5, 5.41) is 2.66. The zero-order valence-electron chi connectivity index (χ0n) is 11.5. The van der Waals surface area contributed by atoms with Gasteiger partial charge in [-0.05, 0) is 18.4 Å². The van der Waals surface area contributed by atoms with Gasteiger partial charge in [-0.1, -0.05) is 13.8 Å². The van der Waals surface area contributed by atoms with Crippen molar-refractivity contribution in [3.63, 3.8) is 0 Å². The van der Waals surface area contributed by atoms with E-state index in [-0.39, 0.29) is 18.4 Å². The molecule has 1 aliphatic rings. The number of alkyl halides is 3. The van der Waals surface area contributed by atoms with Crippen molar-refractivity contribution in [1.29, 1.82) is 0 Å². The summed E-state index contributed by atoms with van der Waals surface area (Å²) in [6, 6.07) is -0.362. The molecule has 21 heavy (non-hydrogen) atoms. The van der Waals surface area contributed by atoms with Gasteiger partial charge in [-0.3, -0.25) is 4.90 Å². The molecule has 1 fully saturated rings. The Morgan fingerprint density at radius 2 is 2.14 bits per heavy atom. The van der Waals surface area contributed by atoms with Crippen LogP contribution in [0.1, 0.15) is 25.8 Å². The van der Waals surface area contributed by atoms with Gasteiger partial charge < -0.3 is 5.32 Å². The smallest absolute Gasteiger partial charge is 0.333 e. The van der Waals surface area contributed by atoms with Crippen molar-refractivity contribution < 1.29 is 22.4 Å². The molecular formula is C13H15F4N3O. The number of pyridine rings is 1. The number of hydrogen-bond donors (Lipinski definition) is 1. The monoisotopic (exact) mass is 305 g/mol. The first-order valence-corrected chi connectivity index (χ1v) is 6.49. The van der Waals surface area contributed by atoms with Gasteiger partial charge in [-0.2, -0.15) is 13.2 Å². The molecule has 1 aromatic rings. The Hall–Kier alpha value is -1.86. The van der Waals surface area contributed by atoms with Gasteiger partial charge in [-0.15, -0.1) is 0 Å². The zero-order chi connectivity index (χ0) is 15.8. The molecule has 1 atom stereocenters. The summed E-state index contributed by atoms with van der Waals surface area (Å²) < 4.78 is 51.2. The van der Waals surface area contributed by atoms with Crippen LogP contribution in [0.25, 0.3) is 0 Å². The molecule has 1 aliphatic heterocycles. The Balaban J connectivity index is 2.21. The first-order valence-electron chi connectivity index (χ1n) is 6.49. The molecule has 0 spiro atoms. The minimum Gasteiger partial charge on any atom is -0.333 e. The first kappa shape index (κ1) is 15.5. The largest absolute Gasteiger partial charge is 0.417 e. The van der Waals surface area contributed by atoms with E-state index in [1.165, 1.54) is 0 Å². The van der Waals surface area contributed by atoms with E-state index in [1.807, 2.05) is 13.8 Å². The van der Waals surface area contributed by atoms with Crippen LogP contribution < -0.4 is 10.2 Å². The van der Waals surface area contributed by atoms with Gasteiger partial charge in [0.15, 0.2) is 11.6 Å². The van der Waals surface area contributed by atoms with E-state index in [9.17, 15) is 22.4 Å². The van der Waals surface area contributed by atoms with Crippen molar-refractivity contribution in [3.8, 4) is 0 Å². The van der Waals surface area contributed by atoms with Gasteiger partial charge >= 0.3 is 12.2 Å². The highest BCUT2D eigenvalue weighted by Crippen LogP contribution is 2.31. The Bertz CT molecular complexity index is 545. The highest BCUT2D eigenvalue weighted by molar-refractivity contribution is 5.93. The number of urea groups is 1. The number of aromatic nitrogens is 1. The number of anilines is 1. The van der Waals surface area contributed by atoms with Gasteiger partial charge in [0.05, 0.1) is 5.56 Å². The van der Waals surface area contributed by atoms with Gasteiger partial charge in [0.2, 0.25) is 0 Å². The van der Waals surface area contributed by atoms with E-state index in [0.29, 0.717) is 24.6 Å². The molecule has 0 aliphatic carbocycles. The van der Waals surface area contributed by atoms with Crippen molar-refractivity contribution in [3.05, 3.63) is 23.6 Å². The molecule has 2 amide bonds. The normalized spacial score (nSPS) is 19.3. The quantitative estimate of drug-likeness (QED) is 0.872. The van der Waals surface area contributed by atoms with Crippen LogP contribution in [0.3, 0.4) is 0 Å². The van der Waals surface area contributed by atoms with Crippen molar-refractivity contribution in [2.45, 2.75) is 32.5 Å². The number of amides is 2. The molecule has 116 valence electrons. The SMILES string of the molecule is CC(C)C[C@H]1CN(c2ncc(C(F)(F)F)cc2F)C(=O)N1. The summed E-state index contributed by atoms with van der Waals surface area (Å²) in [6.07, 6.45) is -3.44. The topological polar surface area (TPSA) is 45.2 Å². The average molecular weight is 305 g/mol. The van der Waals surface area contributed by atoms with Gasteiger partial charge in [0, 0.05) is 18.8 Å². The van der Waals surface area contributed by atoms with E-state index in [2.05, 4.69) is 10.3 Å². The standard InChI is InChI=1S/C13H15F4N3O/c1-7(2)3-9-6-20(12(21)19-9)11-10(14)4-8(5-18-11)13(15,16)17/h4-5,7,9H,3,6H2,1-2H3,(H,19,21)/t9-/m0/s1. The second-order valence-electron chi connectivity index (χ2n) is 5.41. The highest BCUT2D eigenvalue weighted by Gasteiger charge is 2.35. The Morgan fingerprint density at radius 3 is 2.67 bits per heavy atom. The summed E-state index contributed by atoms with van der Waals surface area (Å²) >= 11 is 0. The highest BCUT2D eigenvalue weighted by atomic mass is 19.4. The molecule has 0 radical (unpaired) electrons. The van der Waals surface area contributed by atoms with Crippen molar-refractivity contribution in [2.75, 3.05) is 11.4 Å². The van der Waals surface area contributed by atoms with Crippen LogP contribution in [0.5, 0.6) is 0 Å². The number of rotatable bonds is 3. The van der Waals surface area contributed by atoms with Crippen LogP contribution in [-0.2, 0) is 6.18 Å². The Labute approximate surface area is 119 Å². The van der Waals surface area contributed by atoms with Crippen LogP contribution >= 0.6 is 0 Å². The van der Waals surface area contributed by atoms with E-state index < -0.39 is 23.6 Å². The Kier molecular flexibility index (Phi) is 4.06. The van der Waals surface area contributed by atoms with Gasteiger partial charge in [0.25, 0.3) is 0 Å². The van der Waals surface area contributed by atoms with E-state index in [4.69, 9.17) is 0 Å². The van der Waals surface area contributed by atoms with E-state index in [0.717, 1.165) is 4.90 Å². The van der Waals surface area contributed by atoms with Crippen LogP contribution in [0.4, 0.5) is 28.2 Å². The third-order valence-electron chi connectivity index (χ3n) is 3.14. The molecule has 2 heterocycles. The van der Waals surface area contributed by atoms with Crippen molar-refractivity contribution in [2.24, 2.45) is 5.92 Å². The van der Waals surface area contributed by atoms with Crippen LogP contribution in [0.15, 0.2) is 12.3 Å².